The van der Waals surface area contributed by atoms with Crippen LogP contribution in [0.2, 0.25) is 0 Å². The van der Waals surface area contributed by atoms with Gasteiger partial charge in [-0.15, -0.1) is 0 Å². The molecule has 0 saturated carbocycles. The molecule has 0 amide bonds. The van der Waals surface area contributed by atoms with Gasteiger partial charge in [-0.3, -0.25) is 19.2 Å². The van der Waals surface area contributed by atoms with E-state index in [-0.39, 0.29) is 22.6 Å². The summed E-state index contributed by atoms with van der Waals surface area (Å²) in [4.78, 5) is 45.8. The van der Waals surface area contributed by atoms with E-state index in [2.05, 4.69) is 0 Å². The van der Waals surface area contributed by atoms with Crippen molar-refractivity contribution in [1.29, 1.82) is 0 Å². The molecule has 8 nitrogen and oxygen atoms in total. The highest BCUT2D eigenvalue weighted by molar-refractivity contribution is 6.02. The number of aldehydes is 2. The maximum atomic E-state index is 11.7. The summed E-state index contributed by atoms with van der Waals surface area (Å²) in [6, 6.07) is 9.42. The van der Waals surface area contributed by atoms with Gasteiger partial charge in [-0.05, 0) is 47.5 Å². The average Bonchev–Trinajstić information content (AvgIpc) is 2.77. The molecule has 0 radical (unpaired) electrons. The van der Waals surface area contributed by atoms with E-state index in [0.717, 1.165) is 0 Å². The van der Waals surface area contributed by atoms with Crippen molar-refractivity contribution in [2.75, 3.05) is 14.2 Å². The third-order valence-corrected chi connectivity index (χ3v) is 4.11. The predicted octanol–water partition coefficient (Wildman–Crippen LogP) is 3.42. The Hall–Kier alpha value is -4.20. The highest BCUT2D eigenvalue weighted by atomic mass is 16.6. The summed E-state index contributed by atoms with van der Waals surface area (Å²) in [5, 5.41) is 0. The highest BCUT2D eigenvalue weighted by Crippen LogP contribution is 2.31. The van der Waals surface area contributed by atoms with Crippen molar-refractivity contribution in [3.8, 4) is 23.0 Å². The van der Waals surface area contributed by atoms with Gasteiger partial charge in [-0.2, -0.15) is 0 Å². The molecule has 2 aromatic rings. The van der Waals surface area contributed by atoms with Gasteiger partial charge in [-0.25, -0.2) is 0 Å². The third kappa shape index (κ3) is 6.40. The van der Waals surface area contributed by atoms with E-state index in [0.29, 0.717) is 35.2 Å². The zero-order chi connectivity index (χ0) is 23.7. The number of ether oxygens (including phenoxy) is 4. The maximum absolute atomic E-state index is 11.7. The molecule has 0 N–H and O–H groups in total. The second-order valence-electron chi connectivity index (χ2n) is 6.44. The predicted molar refractivity (Wildman–Crippen MR) is 117 cm³/mol. The number of hydrogen-bond donors (Lipinski definition) is 0. The van der Waals surface area contributed by atoms with Crippen molar-refractivity contribution in [2.45, 2.75) is 13.8 Å². The van der Waals surface area contributed by atoms with Crippen molar-refractivity contribution in [3.63, 3.8) is 0 Å². The van der Waals surface area contributed by atoms with Crippen molar-refractivity contribution in [1.82, 2.24) is 0 Å². The number of carbonyl (C=O) groups excluding carboxylic acids is 4. The topological polar surface area (TPSA) is 105 Å². The molecular weight excluding hydrogens is 416 g/mol. The minimum Gasteiger partial charge on any atom is -0.493 e. The monoisotopic (exact) mass is 438 g/mol. The summed E-state index contributed by atoms with van der Waals surface area (Å²) < 4.78 is 20.6. The molecule has 0 atom stereocenters. The quantitative estimate of drug-likeness (QED) is 0.193. The molecule has 0 fully saturated rings. The Labute approximate surface area is 185 Å². The first-order chi connectivity index (χ1) is 15.3. The number of rotatable bonds is 9. The molecule has 166 valence electrons. The van der Waals surface area contributed by atoms with Crippen LogP contribution in [-0.4, -0.2) is 38.7 Å². The molecule has 2 rings (SSSR count). The van der Waals surface area contributed by atoms with Gasteiger partial charge in [0.05, 0.1) is 14.2 Å². The molecule has 0 saturated heterocycles. The van der Waals surface area contributed by atoms with Crippen LogP contribution in [0.3, 0.4) is 0 Å². The molecule has 0 spiro atoms. The second-order valence-corrected chi connectivity index (χ2v) is 6.44. The van der Waals surface area contributed by atoms with Crippen LogP contribution in [0.25, 0.3) is 12.2 Å². The molecule has 8 heteroatoms. The fraction of sp³-hybridized carbons (Fsp3) is 0.167. The highest BCUT2D eigenvalue weighted by Gasteiger charge is 2.11. The Bertz CT molecular complexity index is 1010. The van der Waals surface area contributed by atoms with E-state index < -0.39 is 11.9 Å². The Morgan fingerprint density at radius 2 is 1.03 bits per heavy atom. The van der Waals surface area contributed by atoms with Gasteiger partial charge in [0.15, 0.2) is 35.6 Å². The van der Waals surface area contributed by atoms with Gasteiger partial charge in [-0.1, -0.05) is 12.1 Å². The fourth-order valence-corrected chi connectivity index (χ4v) is 2.76. The van der Waals surface area contributed by atoms with Crippen molar-refractivity contribution < 1.29 is 38.1 Å². The zero-order valence-corrected chi connectivity index (χ0v) is 18.0. The van der Waals surface area contributed by atoms with E-state index in [1.165, 1.54) is 52.4 Å². The van der Waals surface area contributed by atoms with Crippen LogP contribution in [0.1, 0.15) is 25.0 Å². The first kappa shape index (κ1) is 24.1. The van der Waals surface area contributed by atoms with E-state index in [1.54, 1.807) is 24.3 Å². The van der Waals surface area contributed by atoms with E-state index in [9.17, 15) is 19.2 Å². The number of esters is 2. The Kier molecular flexibility index (Phi) is 8.47. The molecule has 0 heterocycles. The Morgan fingerprint density at radius 3 is 1.31 bits per heavy atom. The van der Waals surface area contributed by atoms with E-state index in [4.69, 9.17) is 18.9 Å². The lowest BCUT2D eigenvalue weighted by Gasteiger charge is -2.10. The number of methoxy groups -OCH3 is 2. The molecule has 0 aliphatic carbocycles. The van der Waals surface area contributed by atoms with Crippen LogP contribution in [0, 0.1) is 0 Å². The number of benzene rings is 2. The lowest BCUT2D eigenvalue weighted by Crippen LogP contribution is -2.03. The van der Waals surface area contributed by atoms with Gasteiger partial charge >= 0.3 is 11.9 Å². The summed E-state index contributed by atoms with van der Waals surface area (Å²) in [6.07, 6.45) is 4.10. The van der Waals surface area contributed by atoms with Crippen LogP contribution in [0.15, 0.2) is 47.5 Å². The van der Waals surface area contributed by atoms with Crippen LogP contribution in [0.4, 0.5) is 0 Å². The second kappa shape index (κ2) is 11.3. The molecule has 0 aliphatic heterocycles. The Balaban J connectivity index is 2.44. The molecule has 32 heavy (non-hydrogen) atoms. The van der Waals surface area contributed by atoms with Crippen LogP contribution in [0.5, 0.6) is 23.0 Å². The third-order valence-electron chi connectivity index (χ3n) is 4.11. The molecule has 0 aliphatic rings. The van der Waals surface area contributed by atoms with E-state index >= 15 is 0 Å². The summed E-state index contributed by atoms with van der Waals surface area (Å²) >= 11 is 0. The van der Waals surface area contributed by atoms with Gasteiger partial charge < -0.3 is 18.9 Å². The summed E-state index contributed by atoms with van der Waals surface area (Å²) in [5.74, 6) is 0.0538. The van der Waals surface area contributed by atoms with Gasteiger partial charge in [0.1, 0.15) is 0 Å². The van der Waals surface area contributed by atoms with Crippen LogP contribution in [-0.2, 0) is 19.2 Å². The maximum Gasteiger partial charge on any atom is 0.308 e. The van der Waals surface area contributed by atoms with Crippen molar-refractivity contribution in [3.05, 3.63) is 58.7 Å². The first-order valence-corrected chi connectivity index (χ1v) is 9.38. The number of hydrogen-bond acceptors (Lipinski definition) is 8. The summed E-state index contributed by atoms with van der Waals surface area (Å²) in [7, 11) is 2.83. The standard InChI is InChI=1S/C24H22O8/c1-15(27)31-21-7-5-17(11-23(21)29-3)9-19(13-25)20(14-26)10-18-6-8-22(32-16(2)28)24(12-18)30-4/h5-14H,1-4H3/b19-9+,20-10+. The molecule has 2 aromatic carbocycles. The van der Waals surface area contributed by atoms with Gasteiger partial charge in [0.25, 0.3) is 0 Å². The summed E-state index contributed by atoms with van der Waals surface area (Å²) in [6.45, 7) is 2.54. The molecule has 0 aromatic heterocycles. The summed E-state index contributed by atoms with van der Waals surface area (Å²) in [5.41, 5.74) is 1.33. The normalized spacial score (nSPS) is 11.4. The first-order valence-electron chi connectivity index (χ1n) is 9.38. The molecular formula is C24H22O8. The average molecular weight is 438 g/mol. The van der Waals surface area contributed by atoms with Gasteiger partial charge in [0, 0.05) is 25.0 Å². The fourth-order valence-electron chi connectivity index (χ4n) is 2.76. The smallest absolute Gasteiger partial charge is 0.308 e. The molecule has 0 bridgehead atoms. The van der Waals surface area contributed by atoms with Crippen LogP contribution < -0.4 is 18.9 Å². The van der Waals surface area contributed by atoms with Gasteiger partial charge in [0.2, 0.25) is 0 Å². The van der Waals surface area contributed by atoms with Crippen molar-refractivity contribution in [2.24, 2.45) is 0 Å². The largest absolute Gasteiger partial charge is 0.493 e. The zero-order valence-electron chi connectivity index (χ0n) is 18.0. The van der Waals surface area contributed by atoms with Crippen LogP contribution >= 0.6 is 0 Å². The number of allylic oxidation sites excluding steroid dienone is 2. The number of carbonyl (C=O) groups is 4. The Morgan fingerprint density at radius 1 is 0.656 bits per heavy atom. The minimum atomic E-state index is -0.499. The van der Waals surface area contributed by atoms with E-state index in [1.807, 2.05) is 0 Å². The SMILES string of the molecule is COc1cc(/C=C(C=O)/C(C=O)=C/c2ccc(OC(C)=O)c(OC)c2)ccc1OC(C)=O. The molecule has 0 unspecified atom stereocenters. The minimum absolute atomic E-state index is 0.116. The van der Waals surface area contributed by atoms with Crippen molar-refractivity contribution >= 4 is 36.7 Å². The lowest BCUT2D eigenvalue weighted by molar-refractivity contribution is -0.132. The lowest BCUT2D eigenvalue weighted by atomic mass is 10.0.